The SMILES string of the molecule is CCCC(C)Nc1nc(N)c2nc(Cc3cnc(N4CCC(N(C)C)CC4)c(C)c3)cn2n1. The molecule has 1 aliphatic heterocycles. The van der Waals surface area contributed by atoms with Crippen molar-refractivity contribution in [2.75, 3.05) is 43.1 Å². The largest absolute Gasteiger partial charge is 0.380 e. The van der Waals surface area contributed by atoms with Crippen LogP contribution in [0.15, 0.2) is 18.5 Å². The molecule has 1 unspecified atom stereocenters. The molecule has 3 aromatic heterocycles. The number of fused-ring (bicyclic) bond motifs is 1. The van der Waals surface area contributed by atoms with Gasteiger partial charge >= 0.3 is 0 Å². The molecule has 3 aromatic rings. The number of aryl methyl sites for hydroxylation is 1. The van der Waals surface area contributed by atoms with Crippen LogP contribution < -0.4 is 16.0 Å². The van der Waals surface area contributed by atoms with Gasteiger partial charge in [-0.3, -0.25) is 0 Å². The molecule has 0 aliphatic carbocycles. The molecule has 9 heteroatoms. The van der Waals surface area contributed by atoms with Gasteiger partial charge in [0.05, 0.1) is 11.9 Å². The lowest BCUT2D eigenvalue weighted by atomic mass is 10.0. The van der Waals surface area contributed by atoms with Crippen LogP contribution >= 0.6 is 0 Å². The van der Waals surface area contributed by atoms with Gasteiger partial charge in [0.1, 0.15) is 5.82 Å². The second kappa shape index (κ2) is 9.91. The number of hydrogen-bond acceptors (Lipinski definition) is 8. The molecule has 0 saturated carbocycles. The van der Waals surface area contributed by atoms with Crippen LogP contribution in [-0.2, 0) is 6.42 Å². The summed E-state index contributed by atoms with van der Waals surface area (Å²) in [7, 11) is 4.34. The van der Waals surface area contributed by atoms with Gasteiger partial charge < -0.3 is 20.9 Å². The second-order valence-electron chi connectivity index (χ2n) is 9.50. The van der Waals surface area contributed by atoms with E-state index in [9.17, 15) is 0 Å². The lowest BCUT2D eigenvalue weighted by Crippen LogP contribution is -2.42. The number of nitrogens with zero attached hydrogens (tertiary/aromatic N) is 7. The highest BCUT2D eigenvalue weighted by Crippen LogP contribution is 2.24. The number of piperidine rings is 1. The Morgan fingerprint density at radius 1 is 1.24 bits per heavy atom. The fourth-order valence-electron chi connectivity index (χ4n) is 4.69. The van der Waals surface area contributed by atoms with Gasteiger partial charge in [-0.05, 0) is 58.3 Å². The summed E-state index contributed by atoms with van der Waals surface area (Å²) < 4.78 is 1.72. The minimum absolute atomic E-state index is 0.288. The average molecular weight is 452 g/mol. The Balaban J connectivity index is 1.47. The first-order chi connectivity index (χ1) is 15.8. The Morgan fingerprint density at radius 3 is 2.67 bits per heavy atom. The van der Waals surface area contributed by atoms with Gasteiger partial charge in [0.25, 0.3) is 0 Å². The number of imidazole rings is 1. The molecule has 0 spiro atoms. The molecular weight excluding hydrogens is 414 g/mol. The zero-order chi connectivity index (χ0) is 23.5. The Kier molecular flexibility index (Phi) is 6.97. The van der Waals surface area contributed by atoms with Crippen LogP contribution in [0.5, 0.6) is 0 Å². The molecule has 1 saturated heterocycles. The van der Waals surface area contributed by atoms with Crippen molar-refractivity contribution < 1.29 is 0 Å². The molecule has 4 heterocycles. The van der Waals surface area contributed by atoms with E-state index in [1.165, 1.54) is 18.4 Å². The topological polar surface area (TPSA) is 100 Å². The van der Waals surface area contributed by atoms with Crippen LogP contribution in [0, 0.1) is 6.92 Å². The Hall–Kier alpha value is -2.94. The maximum atomic E-state index is 6.17. The van der Waals surface area contributed by atoms with Gasteiger partial charge in [0.2, 0.25) is 5.95 Å². The molecule has 4 rings (SSSR count). The summed E-state index contributed by atoms with van der Waals surface area (Å²) in [5.41, 5.74) is 9.99. The molecular formula is C24H37N9. The zero-order valence-corrected chi connectivity index (χ0v) is 20.5. The standard InChI is InChI=1S/C24H37N9/c1-6-7-17(3)27-24-29-21(25)23-28-19(15-33(23)30-24)13-18-12-16(2)22(26-14-18)32-10-8-20(9-11-32)31(4)5/h12,14-15,17,20H,6-11,13H2,1-5H3,(H3,25,27,29,30). The van der Waals surface area contributed by atoms with Gasteiger partial charge in [-0.25, -0.2) is 14.5 Å². The third kappa shape index (κ3) is 5.35. The predicted octanol–water partition coefficient (Wildman–Crippen LogP) is 3.13. The van der Waals surface area contributed by atoms with E-state index < -0.39 is 0 Å². The van der Waals surface area contributed by atoms with Gasteiger partial charge in [-0.2, -0.15) is 4.98 Å². The second-order valence-corrected chi connectivity index (χ2v) is 9.50. The smallest absolute Gasteiger partial charge is 0.243 e. The summed E-state index contributed by atoms with van der Waals surface area (Å²) in [4.78, 5) is 18.6. The molecule has 178 valence electrons. The molecule has 0 bridgehead atoms. The highest BCUT2D eigenvalue weighted by molar-refractivity contribution is 5.61. The summed E-state index contributed by atoms with van der Waals surface area (Å²) in [6, 6.07) is 3.17. The number of hydrogen-bond donors (Lipinski definition) is 2. The number of aromatic nitrogens is 5. The first-order valence-corrected chi connectivity index (χ1v) is 12.0. The molecule has 0 radical (unpaired) electrons. The maximum absolute atomic E-state index is 6.17. The molecule has 1 fully saturated rings. The fraction of sp³-hybridized carbons (Fsp3) is 0.583. The Bertz CT molecular complexity index is 1080. The average Bonchev–Trinajstić information content (AvgIpc) is 3.17. The van der Waals surface area contributed by atoms with Crippen molar-refractivity contribution in [2.24, 2.45) is 0 Å². The van der Waals surface area contributed by atoms with E-state index in [-0.39, 0.29) is 6.04 Å². The predicted molar refractivity (Wildman–Crippen MR) is 134 cm³/mol. The van der Waals surface area contributed by atoms with Gasteiger partial charge in [0.15, 0.2) is 11.5 Å². The molecule has 1 atom stereocenters. The minimum atomic E-state index is 0.288. The number of nitrogens with two attached hydrogens (primary N) is 1. The number of anilines is 3. The molecule has 3 N–H and O–H groups in total. The number of pyridine rings is 1. The zero-order valence-electron chi connectivity index (χ0n) is 20.5. The first kappa shape index (κ1) is 23.2. The summed E-state index contributed by atoms with van der Waals surface area (Å²) in [6.07, 6.45) is 9.07. The molecule has 0 amide bonds. The van der Waals surface area contributed by atoms with E-state index in [2.05, 4.69) is 71.1 Å². The van der Waals surface area contributed by atoms with Crippen LogP contribution in [0.25, 0.3) is 5.65 Å². The monoisotopic (exact) mass is 451 g/mol. The Labute approximate surface area is 196 Å². The van der Waals surface area contributed by atoms with E-state index in [1.807, 2.05) is 12.4 Å². The first-order valence-electron chi connectivity index (χ1n) is 12.0. The highest BCUT2D eigenvalue weighted by Gasteiger charge is 2.22. The van der Waals surface area contributed by atoms with E-state index in [1.54, 1.807) is 4.52 Å². The van der Waals surface area contributed by atoms with Crippen molar-refractivity contribution in [3.8, 4) is 0 Å². The van der Waals surface area contributed by atoms with Crippen molar-refractivity contribution in [2.45, 2.75) is 65.0 Å². The summed E-state index contributed by atoms with van der Waals surface area (Å²) in [5, 5.41) is 7.88. The summed E-state index contributed by atoms with van der Waals surface area (Å²) in [5.74, 6) is 2.01. The molecule has 0 aromatic carbocycles. The van der Waals surface area contributed by atoms with Crippen molar-refractivity contribution in [3.63, 3.8) is 0 Å². The molecule has 33 heavy (non-hydrogen) atoms. The normalized spacial score (nSPS) is 16.0. The number of nitrogen functional groups attached to an aromatic ring is 1. The van der Waals surface area contributed by atoms with Crippen molar-refractivity contribution in [3.05, 3.63) is 35.3 Å². The van der Waals surface area contributed by atoms with Crippen LogP contribution in [0.1, 0.15) is 56.4 Å². The van der Waals surface area contributed by atoms with Gasteiger partial charge in [-0.15, -0.1) is 5.10 Å². The van der Waals surface area contributed by atoms with Crippen LogP contribution in [0.3, 0.4) is 0 Å². The van der Waals surface area contributed by atoms with Crippen LogP contribution in [0.4, 0.5) is 17.6 Å². The van der Waals surface area contributed by atoms with Gasteiger partial charge in [-0.1, -0.05) is 19.4 Å². The van der Waals surface area contributed by atoms with Crippen LogP contribution in [-0.4, -0.2) is 68.7 Å². The number of nitrogens with one attached hydrogen (secondary N) is 1. The van der Waals surface area contributed by atoms with Crippen LogP contribution in [0.2, 0.25) is 0 Å². The number of rotatable bonds is 8. The van der Waals surface area contributed by atoms with Crippen molar-refractivity contribution >= 4 is 23.2 Å². The lowest BCUT2D eigenvalue weighted by molar-refractivity contribution is 0.249. The molecule has 1 aliphatic rings. The van der Waals surface area contributed by atoms with E-state index in [0.29, 0.717) is 29.9 Å². The Morgan fingerprint density at radius 2 is 2.00 bits per heavy atom. The van der Waals surface area contributed by atoms with E-state index in [4.69, 9.17) is 10.7 Å². The lowest BCUT2D eigenvalue weighted by Gasteiger charge is -2.36. The highest BCUT2D eigenvalue weighted by atomic mass is 15.3. The maximum Gasteiger partial charge on any atom is 0.243 e. The van der Waals surface area contributed by atoms with E-state index >= 15 is 0 Å². The fourth-order valence-corrected chi connectivity index (χ4v) is 4.69. The third-order valence-electron chi connectivity index (χ3n) is 6.48. The molecule has 9 nitrogen and oxygen atoms in total. The van der Waals surface area contributed by atoms with Crippen molar-refractivity contribution in [1.82, 2.24) is 29.5 Å². The third-order valence-corrected chi connectivity index (χ3v) is 6.48. The van der Waals surface area contributed by atoms with Crippen molar-refractivity contribution in [1.29, 1.82) is 0 Å². The van der Waals surface area contributed by atoms with Gasteiger partial charge in [0, 0.05) is 37.8 Å². The van der Waals surface area contributed by atoms with E-state index in [0.717, 1.165) is 43.0 Å². The summed E-state index contributed by atoms with van der Waals surface area (Å²) >= 11 is 0. The quantitative estimate of drug-likeness (QED) is 0.539. The minimum Gasteiger partial charge on any atom is -0.380 e. The summed E-state index contributed by atoms with van der Waals surface area (Å²) in [6.45, 7) is 8.53.